The van der Waals surface area contributed by atoms with E-state index in [1.54, 1.807) is 7.11 Å². The predicted octanol–water partition coefficient (Wildman–Crippen LogP) is 4.47. The van der Waals surface area contributed by atoms with E-state index in [4.69, 9.17) is 9.47 Å². The molecule has 0 saturated heterocycles. The molecule has 1 unspecified atom stereocenters. The van der Waals surface area contributed by atoms with Gasteiger partial charge >= 0.3 is 6.01 Å². The van der Waals surface area contributed by atoms with Crippen LogP contribution in [-0.4, -0.2) is 27.4 Å². The Bertz CT molecular complexity index is 899. The van der Waals surface area contributed by atoms with Crippen LogP contribution in [0.5, 0.6) is 17.5 Å². The second-order valence-electron chi connectivity index (χ2n) is 6.88. The molecule has 138 valence electrons. The van der Waals surface area contributed by atoms with Crippen molar-refractivity contribution in [2.24, 2.45) is 7.05 Å². The number of hydrogen-bond acceptors (Lipinski definition) is 4. The lowest BCUT2D eigenvalue weighted by Gasteiger charge is -2.21. The fraction of sp³-hybridized carbons (Fsp3) is 0.381. The van der Waals surface area contributed by atoms with E-state index in [1.807, 2.05) is 67.9 Å². The zero-order valence-electron chi connectivity index (χ0n) is 15.8. The lowest BCUT2D eigenvalue weighted by atomic mass is 9.94. The van der Waals surface area contributed by atoms with Gasteiger partial charge in [0.2, 0.25) is 0 Å². The Morgan fingerprint density at radius 1 is 1.15 bits per heavy atom. The van der Waals surface area contributed by atoms with Gasteiger partial charge in [0.05, 0.1) is 23.7 Å². The summed E-state index contributed by atoms with van der Waals surface area (Å²) in [6.45, 7) is 3.86. The van der Waals surface area contributed by atoms with Crippen molar-refractivity contribution in [2.45, 2.75) is 38.7 Å². The van der Waals surface area contributed by atoms with Crippen LogP contribution in [0.15, 0.2) is 42.5 Å². The van der Waals surface area contributed by atoms with E-state index >= 15 is 0 Å². The van der Waals surface area contributed by atoms with Gasteiger partial charge in [-0.2, -0.15) is 4.98 Å². The summed E-state index contributed by atoms with van der Waals surface area (Å²) in [5, 5.41) is 10.2. The van der Waals surface area contributed by atoms with Crippen LogP contribution < -0.4 is 9.47 Å². The lowest BCUT2D eigenvalue weighted by Crippen LogP contribution is -2.23. The minimum absolute atomic E-state index is 0.520. The van der Waals surface area contributed by atoms with Gasteiger partial charge in [0.1, 0.15) is 0 Å². The van der Waals surface area contributed by atoms with Gasteiger partial charge in [-0.25, -0.2) is 0 Å². The van der Waals surface area contributed by atoms with Crippen molar-refractivity contribution in [3.8, 4) is 17.5 Å². The maximum absolute atomic E-state index is 10.2. The number of aromatic nitrogens is 2. The second-order valence-corrected chi connectivity index (χ2v) is 6.88. The fourth-order valence-electron chi connectivity index (χ4n) is 2.86. The van der Waals surface area contributed by atoms with Crippen molar-refractivity contribution in [1.82, 2.24) is 9.55 Å². The molecule has 0 spiro atoms. The predicted molar refractivity (Wildman–Crippen MR) is 103 cm³/mol. The van der Waals surface area contributed by atoms with Gasteiger partial charge in [-0.05, 0) is 56.0 Å². The van der Waals surface area contributed by atoms with Gasteiger partial charge in [-0.3, -0.25) is 4.57 Å². The highest BCUT2D eigenvalue weighted by Gasteiger charge is 2.18. The van der Waals surface area contributed by atoms with E-state index in [1.165, 1.54) is 0 Å². The molecule has 3 rings (SSSR count). The number of methoxy groups -OCH3 is 1. The Kier molecular flexibility index (Phi) is 5.18. The molecule has 0 radical (unpaired) electrons. The minimum Gasteiger partial charge on any atom is -0.493 e. The van der Waals surface area contributed by atoms with Crippen LogP contribution in [0.3, 0.4) is 0 Å². The van der Waals surface area contributed by atoms with Crippen LogP contribution in [-0.2, 0) is 13.5 Å². The fourth-order valence-corrected chi connectivity index (χ4v) is 2.86. The number of aliphatic hydroxyl groups is 1. The third-order valence-electron chi connectivity index (χ3n) is 4.89. The van der Waals surface area contributed by atoms with Crippen LogP contribution in [0.4, 0.5) is 0 Å². The minimum atomic E-state index is -0.643. The van der Waals surface area contributed by atoms with Crippen LogP contribution in [0.25, 0.3) is 11.0 Å². The molecule has 5 nitrogen and oxygen atoms in total. The number of fused-ring (bicyclic) bond motifs is 1. The molecule has 0 aliphatic heterocycles. The first-order valence-electron chi connectivity index (χ1n) is 8.92. The number of nitrogens with zero attached hydrogens (tertiary/aromatic N) is 2. The van der Waals surface area contributed by atoms with Crippen molar-refractivity contribution in [2.75, 3.05) is 7.11 Å². The Morgan fingerprint density at radius 3 is 2.62 bits per heavy atom. The van der Waals surface area contributed by atoms with E-state index in [-0.39, 0.29) is 0 Å². The molecule has 0 fully saturated rings. The Hall–Kier alpha value is -2.53. The highest BCUT2D eigenvalue weighted by atomic mass is 16.5. The molecule has 1 aromatic heterocycles. The summed E-state index contributed by atoms with van der Waals surface area (Å²) in [5.74, 6) is 1.28. The first kappa shape index (κ1) is 18.3. The average molecular weight is 354 g/mol. The SMILES string of the molecule is CCC(C)(O)CCc1ccc(Oc2nc3ccccc3n2C)c(OC)c1. The maximum atomic E-state index is 10.2. The summed E-state index contributed by atoms with van der Waals surface area (Å²) in [6, 6.07) is 14.3. The number of imidazole rings is 1. The van der Waals surface area contributed by atoms with Crippen LogP contribution in [0.1, 0.15) is 32.3 Å². The largest absolute Gasteiger partial charge is 0.493 e. The summed E-state index contributed by atoms with van der Waals surface area (Å²) in [6.07, 6.45) is 2.22. The van der Waals surface area contributed by atoms with Gasteiger partial charge in [-0.1, -0.05) is 25.1 Å². The summed E-state index contributed by atoms with van der Waals surface area (Å²) < 4.78 is 13.4. The van der Waals surface area contributed by atoms with Crippen molar-refractivity contribution >= 4 is 11.0 Å². The monoisotopic (exact) mass is 354 g/mol. The molecule has 0 saturated carbocycles. The smallest absolute Gasteiger partial charge is 0.302 e. The molecule has 26 heavy (non-hydrogen) atoms. The Morgan fingerprint density at radius 2 is 1.92 bits per heavy atom. The Balaban J connectivity index is 1.82. The molecule has 0 bridgehead atoms. The van der Waals surface area contributed by atoms with Crippen LogP contribution in [0.2, 0.25) is 0 Å². The highest BCUT2D eigenvalue weighted by molar-refractivity contribution is 5.76. The number of para-hydroxylation sites is 2. The molecule has 5 heteroatoms. The van der Waals surface area contributed by atoms with E-state index < -0.39 is 5.60 Å². The number of hydrogen-bond donors (Lipinski definition) is 1. The maximum Gasteiger partial charge on any atom is 0.302 e. The topological polar surface area (TPSA) is 56.5 Å². The normalized spacial score (nSPS) is 13.6. The van der Waals surface area contributed by atoms with Crippen molar-refractivity contribution in [3.63, 3.8) is 0 Å². The molecule has 1 heterocycles. The summed E-state index contributed by atoms with van der Waals surface area (Å²) >= 11 is 0. The van der Waals surface area contributed by atoms with E-state index in [9.17, 15) is 5.11 Å². The van der Waals surface area contributed by atoms with Gasteiger partial charge in [0.25, 0.3) is 0 Å². The third-order valence-corrected chi connectivity index (χ3v) is 4.89. The van der Waals surface area contributed by atoms with Gasteiger partial charge < -0.3 is 14.6 Å². The molecule has 1 N–H and O–H groups in total. The first-order chi connectivity index (χ1) is 12.4. The molecule has 0 aliphatic rings. The highest BCUT2D eigenvalue weighted by Crippen LogP contribution is 2.33. The Labute approximate surface area is 154 Å². The van der Waals surface area contributed by atoms with Crippen molar-refractivity contribution in [1.29, 1.82) is 0 Å². The van der Waals surface area contributed by atoms with E-state index in [0.717, 1.165) is 29.4 Å². The molecule has 3 aromatic rings. The lowest BCUT2D eigenvalue weighted by molar-refractivity contribution is 0.0473. The standard InChI is InChI=1S/C21H26N2O3/c1-5-21(2,24)13-12-15-10-11-18(19(14-15)25-4)26-20-22-16-8-6-7-9-17(16)23(20)3/h6-11,14,24H,5,12-13H2,1-4H3. The first-order valence-corrected chi connectivity index (χ1v) is 8.92. The molecular formula is C21H26N2O3. The number of benzene rings is 2. The van der Waals surface area contributed by atoms with Crippen molar-refractivity contribution < 1.29 is 14.6 Å². The van der Waals surface area contributed by atoms with Crippen LogP contribution >= 0.6 is 0 Å². The second kappa shape index (κ2) is 7.38. The summed E-state index contributed by atoms with van der Waals surface area (Å²) in [5.41, 5.74) is 2.37. The molecule has 0 aliphatic carbocycles. The van der Waals surface area contributed by atoms with Crippen molar-refractivity contribution in [3.05, 3.63) is 48.0 Å². The number of aryl methyl sites for hydroxylation is 2. The molecule has 0 amide bonds. The zero-order chi connectivity index (χ0) is 18.7. The van der Waals surface area contributed by atoms with E-state index in [2.05, 4.69) is 4.98 Å². The van der Waals surface area contributed by atoms with Gasteiger partial charge in [0.15, 0.2) is 11.5 Å². The van der Waals surface area contributed by atoms with E-state index in [0.29, 0.717) is 23.9 Å². The zero-order valence-corrected chi connectivity index (χ0v) is 15.8. The van der Waals surface area contributed by atoms with Gasteiger partial charge in [-0.15, -0.1) is 0 Å². The third kappa shape index (κ3) is 3.83. The number of rotatable bonds is 7. The quantitative estimate of drug-likeness (QED) is 0.680. The average Bonchev–Trinajstić information content (AvgIpc) is 2.97. The van der Waals surface area contributed by atoms with Gasteiger partial charge in [0, 0.05) is 7.05 Å². The summed E-state index contributed by atoms with van der Waals surface area (Å²) in [7, 11) is 3.56. The molecular weight excluding hydrogens is 328 g/mol. The molecule has 1 atom stereocenters. The van der Waals surface area contributed by atoms with Crippen LogP contribution in [0, 0.1) is 0 Å². The number of ether oxygens (including phenoxy) is 2. The summed E-state index contributed by atoms with van der Waals surface area (Å²) in [4.78, 5) is 4.54. The molecule has 2 aromatic carbocycles.